The van der Waals surface area contributed by atoms with Crippen molar-refractivity contribution in [1.29, 1.82) is 0 Å². The first-order valence-electron chi connectivity index (χ1n) is 6.88. The SMILES string of the molecule is O=[N+]([O-])c1ccc(Sc2nc3cc(Cl)ccc3o2)c2ncccc12. The molecule has 0 bridgehead atoms. The molecule has 0 atom stereocenters. The van der Waals surface area contributed by atoms with E-state index >= 15 is 0 Å². The predicted molar refractivity (Wildman–Crippen MR) is 91.5 cm³/mol. The van der Waals surface area contributed by atoms with Crippen LogP contribution in [0.4, 0.5) is 5.69 Å². The highest BCUT2D eigenvalue weighted by molar-refractivity contribution is 7.99. The van der Waals surface area contributed by atoms with E-state index in [4.69, 9.17) is 16.0 Å². The minimum atomic E-state index is -0.417. The minimum Gasteiger partial charge on any atom is -0.431 e. The molecule has 2 heterocycles. The van der Waals surface area contributed by atoms with Crippen LogP contribution in [0, 0.1) is 10.1 Å². The van der Waals surface area contributed by atoms with Gasteiger partial charge in [-0.25, -0.2) is 4.98 Å². The third kappa shape index (κ3) is 2.57. The Bertz CT molecular complexity index is 1100. The molecule has 0 aliphatic rings. The zero-order valence-electron chi connectivity index (χ0n) is 12.0. The molecule has 0 saturated heterocycles. The van der Waals surface area contributed by atoms with Gasteiger partial charge in [-0.1, -0.05) is 11.6 Å². The number of oxazole rings is 1. The molecule has 2 aromatic carbocycles. The number of nitrogens with zero attached hydrogens (tertiary/aromatic N) is 3. The largest absolute Gasteiger partial charge is 0.431 e. The van der Waals surface area contributed by atoms with E-state index in [0.29, 0.717) is 32.2 Å². The third-order valence-corrected chi connectivity index (χ3v) is 4.57. The highest BCUT2D eigenvalue weighted by Gasteiger charge is 2.17. The van der Waals surface area contributed by atoms with Crippen molar-refractivity contribution in [2.75, 3.05) is 0 Å². The van der Waals surface area contributed by atoms with Crippen LogP contribution in [0.2, 0.25) is 5.02 Å². The summed E-state index contributed by atoms with van der Waals surface area (Å²) in [4.78, 5) is 20.1. The molecular weight excluding hydrogens is 350 g/mol. The van der Waals surface area contributed by atoms with E-state index in [1.165, 1.54) is 17.8 Å². The van der Waals surface area contributed by atoms with Gasteiger partial charge in [0.1, 0.15) is 5.52 Å². The fraction of sp³-hybridized carbons (Fsp3) is 0. The van der Waals surface area contributed by atoms with Gasteiger partial charge in [0.2, 0.25) is 0 Å². The lowest BCUT2D eigenvalue weighted by molar-refractivity contribution is -0.383. The lowest BCUT2D eigenvalue weighted by atomic mass is 10.2. The van der Waals surface area contributed by atoms with E-state index in [-0.39, 0.29) is 5.69 Å². The van der Waals surface area contributed by atoms with Crippen molar-refractivity contribution in [1.82, 2.24) is 9.97 Å². The number of hydrogen-bond donors (Lipinski definition) is 0. The molecule has 0 aliphatic carbocycles. The number of rotatable bonds is 3. The molecule has 4 aromatic rings. The Morgan fingerprint density at radius 3 is 2.92 bits per heavy atom. The summed E-state index contributed by atoms with van der Waals surface area (Å²) in [5.41, 5.74) is 1.84. The number of aromatic nitrogens is 2. The summed E-state index contributed by atoms with van der Waals surface area (Å²) in [6.07, 6.45) is 1.60. The molecule has 4 rings (SSSR count). The second kappa shape index (κ2) is 5.77. The smallest absolute Gasteiger partial charge is 0.278 e. The number of nitro benzene ring substituents is 1. The van der Waals surface area contributed by atoms with E-state index in [9.17, 15) is 10.1 Å². The van der Waals surface area contributed by atoms with Gasteiger partial charge in [-0.3, -0.25) is 15.1 Å². The maximum atomic E-state index is 11.2. The number of benzene rings is 2. The fourth-order valence-corrected chi connectivity index (χ4v) is 3.42. The summed E-state index contributed by atoms with van der Waals surface area (Å²) in [7, 11) is 0. The average molecular weight is 358 g/mol. The number of halogens is 1. The van der Waals surface area contributed by atoms with Crippen LogP contribution in [0.15, 0.2) is 63.2 Å². The topological polar surface area (TPSA) is 82.1 Å². The lowest BCUT2D eigenvalue weighted by Crippen LogP contribution is -1.91. The van der Waals surface area contributed by atoms with E-state index in [2.05, 4.69) is 9.97 Å². The summed E-state index contributed by atoms with van der Waals surface area (Å²) >= 11 is 7.21. The number of hydrogen-bond acceptors (Lipinski definition) is 6. The molecule has 0 spiro atoms. The van der Waals surface area contributed by atoms with Crippen LogP contribution in [0.1, 0.15) is 0 Å². The molecule has 0 fully saturated rings. The molecule has 2 aromatic heterocycles. The van der Waals surface area contributed by atoms with Crippen LogP contribution >= 0.6 is 23.4 Å². The Kier molecular flexibility index (Phi) is 3.59. The summed E-state index contributed by atoms with van der Waals surface area (Å²) in [5, 5.41) is 12.6. The fourth-order valence-electron chi connectivity index (χ4n) is 2.39. The molecule has 0 N–H and O–H groups in total. The van der Waals surface area contributed by atoms with Gasteiger partial charge in [0.15, 0.2) is 5.58 Å². The Morgan fingerprint density at radius 2 is 2.08 bits per heavy atom. The molecule has 0 radical (unpaired) electrons. The van der Waals surface area contributed by atoms with Gasteiger partial charge in [0, 0.05) is 22.2 Å². The lowest BCUT2D eigenvalue weighted by Gasteiger charge is -2.03. The monoisotopic (exact) mass is 357 g/mol. The Labute approximate surface area is 144 Å². The summed E-state index contributed by atoms with van der Waals surface area (Å²) in [6.45, 7) is 0. The highest BCUT2D eigenvalue weighted by Crippen LogP contribution is 2.37. The Hall–Kier alpha value is -2.64. The Balaban J connectivity index is 1.81. The number of non-ortho nitro benzene ring substituents is 1. The Morgan fingerprint density at radius 1 is 1.21 bits per heavy atom. The van der Waals surface area contributed by atoms with Gasteiger partial charge in [-0.15, -0.1) is 0 Å². The average Bonchev–Trinajstić information content (AvgIpc) is 2.96. The first-order valence-corrected chi connectivity index (χ1v) is 8.07. The van der Waals surface area contributed by atoms with Crippen molar-refractivity contribution in [2.45, 2.75) is 10.1 Å². The number of nitro groups is 1. The third-order valence-electron chi connectivity index (χ3n) is 3.43. The van der Waals surface area contributed by atoms with Gasteiger partial charge in [-0.2, -0.15) is 0 Å². The minimum absolute atomic E-state index is 0.0202. The second-order valence-corrected chi connectivity index (χ2v) is 6.36. The van der Waals surface area contributed by atoms with Gasteiger partial charge in [0.05, 0.1) is 15.8 Å². The summed E-state index contributed by atoms with van der Waals surface area (Å²) in [5.74, 6) is 0. The summed E-state index contributed by atoms with van der Waals surface area (Å²) in [6, 6.07) is 11.7. The zero-order valence-corrected chi connectivity index (χ0v) is 13.5. The quantitative estimate of drug-likeness (QED) is 0.375. The molecule has 0 amide bonds. The molecule has 8 heteroatoms. The zero-order chi connectivity index (χ0) is 16.7. The first-order chi connectivity index (χ1) is 11.6. The highest BCUT2D eigenvalue weighted by atomic mass is 35.5. The first kappa shape index (κ1) is 14.9. The number of fused-ring (bicyclic) bond motifs is 2. The van der Waals surface area contributed by atoms with Crippen molar-refractivity contribution in [3.8, 4) is 0 Å². The van der Waals surface area contributed by atoms with E-state index in [0.717, 1.165) is 4.90 Å². The molecule has 24 heavy (non-hydrogen) atoms. The number of pyridine rings is 1. The normalized spacial score (nSPS) is 11.2. The van der Waals surface area contributed by atoms with Gasteiger partial charge < -0.3 is 4.42 Å². The van der Waals surface area contributed by atoms with Gasteiger partial charge in [-0.05, 0) is 48.2 Å². The van der Waals surface area contributed by atoms with Crippen LogP contribution in [0.5, 0.6) is 0 Å². The van der Waals surface area contributed by atoms with Crippen LogP contribution in [-0.2, 0) is 0 Å². The second-order valence-electron chi connectivity index (χ2n) is 4.93. The van der Waals surface area contributed by atoms with E-state index in [1.807, 2.05) is 0 Å². The van der Waals surface area contributed by atoms with Crippen molar-refractivity contribution in [3.63, 3.8) is 0 Å². The van der Waals surface area contributed by atoms with E-state index in [1.54, 1.807) is 42.6 Å². The van der Waals surface area contributed by atoms with Crippen molar-refractivity contribution < 1.29 is 9.34 Å². The standard InChI is InChI=1S/C16H8ClN3O3S/c17-9-3-5-13-11(8-9)19-16(23-13)24-14-6-4-12(20(21)22)10-2-1-7-18-15(10)14/h1-8H. The van der Waals surface area contributed by atoms with Gasteiger partial charge in [0.25, 0.3) is 10.9 Å². The van der Waals surface area contributed by atoms with Crippen molar-refractivity contribution >= 4 is 51.1 Å². The molecule has 118 valence electrons. The van der Waals surface area contributed by atoms with Gasteiger partial charge >= 0.3 is 0 Å². The van der Waals surface area contributed by atoms with E-state index < -0.39 is 4.92 Å². The maximum Gasteiger partial charge on any atom is 0.278 e. The van der Waals surface area contributed by atoms with Crippen LogP contribution in [-0.4, -0.2) is 14.9 Å². The van der Waals surface area contributed by atoms with Crippen molar-refractivity contribution in [3.05, 3.63) is 63.8 Å². The molecule has 0 aliphatic heterocycles. The molecule has 0 unspecified atom stereocenters. The maximum absolute atomic E-state index is 11.2. The van der Waals surface area contributed by atoms with Crippen LogP contribution in [0.3, 0.4) is 0 Å². The molecular formula is C16H8ClN3O3S. The summed E-state index contributed by atoms with van der Waals surface area (Å²) < 4.78 is 5.69. The predicted octanol–water partition coefficient (Wildman–Crippen LogP) is 5.09. The molecule has 0 saturated carbocycles. The van der Waals surface area contributed by atoms with Crippen molar-refractivity contribution in [2.24, 2.45) is 0 Å². The van der Waals surface area contributed by atoms with Crippen LogP contribution < -0.4 is 0 Å². The van der Waals surface area contributed by atoms with Crippen LogP contribution in [0.25, 0.3) is 22.0 Å². The molecule has 6 nitrogen and oxygen atoms in total.